The molecule has 0 spiro atoms. The lowest BCUT2D eigenvalue weighted by atomic mass is 9.97. The molecule has 0 saturated carbocycles. The maximum absolute atomic E-state index is 13.5. The van der Waals surface area contributed by atoms with E-state index in [1.807, 2.05) is 51.1 Å². The molecule has 0 bridgehead atoms. The number of hydrogen-bond donors (Lipinski definition) is 2. The number of amides is 3. The zero-order valence-corrected chi connectivity index (χ0v) is 20.7. The van der Waals surface area contributed by atoms with Gasteiger partial charge in [0.25, 0.3) is 0 Å². The van der Waals surface area contributed by atoms with Crippen molar-refractivity contribution in [3.05, 3.63) is 35.9 Å². The molecule has 1 aromatic rings. The molecule has 0 aromatic heterocycles. The number of nitrogens with one attached hydrogen (secondary N) is 1. The summed E-state index contributed by atoms with van der Waals surface area (Å²) in [5.41, 5.74) is 1.14. The lowest BCUT2D eigenvalue weighted by Gasteiger charge is -2.38. The summed E-state index contributed by atoms with van der Waals surface area (Å²) < 4.78 is 4.79. The zero-order valence-electron chi connectivity index (χ0n) is 19.9. The smallest absolute Gasteiger partial charge is 0.246 e. The van der Waals surface area contributed by atoms with Crippen LogP contribution in [0.3, 0.4) is 0 Å². The van der Waals surface area contributed by atoms with Crippen LogP contribution >= 0.6 is 11.8 Å². The number of morpholine rings is 1. The van der Waals surface area contributed by atoms with Crippen molar-refractivity contribution in [1.82, 2.24) is 15.3 Å². The molecule has 184 valence electrons. The Balaban J connectivity index is 2.21. The highest BCUT2D eigenvalue weighted by molar-refractivity contribution is 7.99. The van der Waals surface area contributed by atoms with Gasteiger partial charge < -0.3 is 15.0 Å². The van der Waals surface area contributed by atoms with Crippen LogP contribution in [0.15, 0.2) is 30.3 Å². The van der Waals surface area contributed by atoms with E-state index in [9.17, 15) is 19.6 Å². The van der Waals surface area contributed by atoms with Crippen molar-refractivity contribution in [2.75, 3.05) is 32.8 Å². The maximum Gasteiger partial charge on any atom is 0.246 e. The van der Waals surface area contributed by atoms with Crippen molar-refractivity contribution in [1.29, 1.82) is 0 Å². The number of benzene rings is 1. The Labute approximate surface area is 201 Å². The molecular formula is C24H37N3O5S. The summed E-state index contributed by atoms with van der Waals surface area (Å²) in [6, 6.07) is 9.24. The minimum atomic E-state index is -0.760. The Morgan fingerprint density at radius 2 is 1.94 bits per heavy atom. The summed E-state index contributed by atoms with van der Waals surface area (Å²) in [7, 11) is 0. The summed E-state index contributed by atoms with van der Waals surface area (Å²) in [4.78, 5) is 39.4. The van der Waals surface area contributed by atoms with Gasteiger partial charge in [-0.1, -0.05) is 50.1 Å². The normalized spacial score (nSPS) is 16.1. The number of ether oxygens (including phenoxy) is 1. The summed E-state index contributed by atoms with van der Waals surface area (Å²) in [6.07, 6.45) is 2.47. The second kappa shape index (κ2) is 13.6. The standard InChI is InChI=1S/C24H37N3O5S/c1-4-5-11-20(16-27(31)18-28)22(29)25-21(23(30)26-12-14-32-15-13-26)24(2,3)33-17-19-9-7-6-8-10-19/h6-10,18,20-21,31H,4-5,11-17H2,1-3H3,(H,25,29)/t20-,21-/m1/s1. The fourth-order valence-corrected chi connectivity index (χ4v) is 4.77. The third-order valence-corrected chi connectivity index (χ3v) is 7.27. The van der Waals surface area contributed by atoms with Crippen molar-refractivity contribution in [2.45, 2.75) is 56.6 Å². The molecule has 1 aliphatic heterocycles. The summed E-state index contributed by atoms with van der Waals surface area (Å²) >= 11 is 1.61. The second-order valence-corrected chi connectivity index (χ2v) is 10.5. The van der Waals surface area contributed by atoms with Crippen LogP contribution in [0.5, 0.6) is 0 Å². The number of unbranched alkanes of at least 4 members (excludes halogenated alkanes) is 1. The lowest BCUT2D eigenvalue weighted by Crippen LogP contribution is -2.60. The molecule has 1 aromatic carbocycles. The maximum atomic E-state index is 13.5. The van der Waals surface area contributed by atoms with Gasteiger partial charge in [0.05, 0.1) is 25.7 Å². The molecule has 2 atom stereocenters. The molecule has 1 aliphatic rings. The van der Waals surface area contributed by atoms with Gasteiger partial charge in [0.2, 0.25) is 18.2 Å². The molecule has 3 amide bonds. The van der Waals surface area contributed by atoms with E-state index in [0.717, 1.165) is 18.4 Å². The average molecular weight is 480 g/mol. The van der Waals surface area contributed by atoms with Crippen LogP contribution in [-0.2, 0) is 24.9 Å². The van der Waals surface area contributed by atoms with Crippen LogP contribution in [0.4, 0.5) is 0 Å². The molecule has 1 saturated heterocycles. The Morgan fingerprint density at radius 1 is 1.27 bits per heavy atom. The van der Waals surface area contributed by atoms with Crippen LogP contribution in [0, 0.1) is 5.92 Å². The highest BCUT2D eigenvalue weighted by atomic mass is 32.2. The topological polar surface area (TPSA) is 99.2 Å². The number of rotatable bonds is 13. The summed E-state index contributed by atoms with van der Waals surface area (Å²) in [5.74, 6) is -0.368. The lowest BCUT2D eigenvalue weighted by molar-refractivity contribution is -0.155. The van der Waals surface area contributed by atoms with Gasteiger partial charge in [-0.2, -0.15) is 0 Å². The first-order valence-electron chi connectivity index (χ1n) is 11.5. The summed E-state index contributed by atoms with van der Waals surface area (Å²) in [6.45, 7) is 7.76. The van der Waals surface area contributed by atoms with Gasteiger partial charge in [0, 0.05) is 23.6 Å². The largest absolute Gasteiger partial charge is 0.378 e. The predicted octanol–water partition coefficient (Wildman–Crippen LogP) is 2.70. The van der Waals surface area contributed by atoms with Crippen molar-refractivity contribution in [2.24, 2.45) is 5.92 Å². The van der Waals surface area contributed by atoms with Crippen molar-refractivity contribution < 1.29 is 24.3 Å². The third kappa shape index (κ3) is 8.64. The highest BCUT2D eigenvalue weighted by Crippen LogP contribution is 2.33. The molecule has 0 aliphatic carbocycles. The van der Waals surface area contributed by atoms with Gasteiger partial charge in [0.1, 0.15) is 6.04 Å². The number of hydrogen-bond acceptors (Lipinski definition) is 6. The van der Waals surface area contributed by atoms with Gasteiger partial charge in [-0.3, -0.25) is 19.6 Å². The number of carbonyl (C=O) groups excluding carboxylic acids is 3. The van der Waals surface area contributed by atoms with Gasteiger partial charge >= 0.3 is 0 Å². The van der Waals surface area contributed by atoms with Crippen LogP contribution < -0.4 is 5.32 Å². The van der Waals surface area contributed by atoms with Crippen LogP contribution in [-0.4, -0.2) is 77.0 Å². The van der Waals surface area contributed by atoms with Gasteiger partial charge in [-0.25, -0.2) is 5.06 Å². The molecule has 0 radical (unpaired) electrons. The zero-order chi connectivity index (χ0) is 24.3. The van der Waals surface area contributed by atoms with Crippen molar-refractivity contribution in [3.8, 4) is 0 Å². The first kappa shape index (κ1) is 27.1. The Morgan fingerprint density at radius 3 is 2.55 bits per heavy atom. The fourth-order valence-electron chi connectivity index (χ4n) is 3.71. The number of hydroxylamine groups is 2. The molecule has 2 rings (SSSR count). The highest BCUT2D eigenvalue weighted by Gasteiger charge is 2.40. The fraction of sp³-hybridized carbons (Fsp3) is 0.625. The Bertz CT molecular complexity index is 756. The quantitative estimate of drug-likeness (QED) is 0.256. The Kier molecular flexibility index (Phi) is 11.2. The third-order valence-electron chi connectivity index (χ3n) is 5.81. The number of nitrogens with zero attached hydrogens (tertiary/aromatic N) is 2. The van der Waals surface area contributed by atoms with E-state index in [1.54, 1.807) is 16.7 Å². The first-order chi connectivity index (χ1) is 15.8. The molecule has 1 fully saturated rings. The number of thioether (sulfide) groups is 1. The average Bonchev–Trinajstić information content (AvgIpc) is 2.84. The van der Waals surface area contributed by atoms with E-state index >= 15 is 0 Å². The SMILES string of the molecule is CCCC[C@H](CN(O)C=O)C(=O)N[C@H](C(=O)N1CCOCC1)C(C)(C)SCc1ccccc1. The van der Waals surface area contributed by atoms with Crippen molar-refractivity contribution >= 4 is 30.0 Å². The summed E-state index contributed by atoms with van der Waals surface area (Å²) in [5, 5.41) is 13.2. The molecule has 33 heavy (non-hydrogen) atoms. The van der Waals surface area contributed by atoms with E-state index in [2.05, 4.69) is 5.32 Å². The minimum absolute atomic E-state index is 0.106. The van der Waals surface area contributed by atoms with E-state index < -0.39 is 16.7 Å². The van der Waals surface area contributed by atoms with E-state index in [-0.39, 0.29) is 18.4 Å². The van der Waals surface area contributed by atoms with Crippen molar-refractivity contribution in [3.63, 3.8) is 0 Å². The monoisotopic (exact) mass is 479 g/mol. The minimum Gasteiger partial charge on any atom is -0.378 e. The number of carbonyl (C=O) groups is 3. The molecular weight excluding hydrogens is 442 g/mol. The van der Waals surface area contributed by atoms with E-state index in [4.69, 9.17) is 4.74 Å². The van der Waals surface area contributed by atoms with Gasteiger partial charge in [-0.15, -0.1) is 11.8 Å². The van der Waals surface area contributed by atoms with Crippen LogP contribution in [0.2, 0.25) is 0 Å². The molecule has 9 heteroatoms. The molecule has 2 N–H and O–H groups in total. The second-order valence-electron chi connectivity index (χ2n) is 8.82. The van der Waals surface area contributed by atoms with E-state index in [0.29, 0.717) is 50.0 Å². The van der Waals surface area contributed by atoms with Gasteiger partial charge in [0.15, 0.2) is 0 Å². The van der Waals surface area contributed by atoms with E-state index in [1.165, 1.54) is 0 Å². The van der Waals surface area contributed by atoms with Crippen LogP contribution in [0.25, 0.3) is 0 Å². The Hall–Kier alpha value is -2.10. The predicted molar refractivity (Wildman–Crippen MR) is 129 cm³/mol. The van der Waals surface area contributed by atoms with Gasteiger partial charge in [-0.05, 0) is 25.8 Å². The molecule has 0 unspecified atom stereocenters. The molecule has 8 nitrogen and oxygen atoms in total. The molecule has 1 heterocycles. The van der Waals surface area contributed by atoms with Crippen LogP contribution in [0.1, 0.15) is 45.6 Å². The first-order valence-corrected chi connectivity index (χ1v) is 12.5.